The molecular weight excluding hydrogens is 344 g/mol. The van der Waals surface area contributed by atoms with Gasteiger partial charge < -0.3 is 9.47 Å². The highest BCUT2D eigenvalue weighted by molar-refractivity contribution is 5.37. The molecule has 3 aliphatic rings. The van der Waals surface area contributed by atoms with E-state index in [0.717, 1.165) is 42.6 Å². The molecule has 0 saturated heterocycles. The fourth-order valence-corrected chi connectivity index (χ4v) is 6.17. The summed E-state index contributed by atoms with van der Waals surface area (Å²) in [5.74, 6) is 4.78. The summed E-state index contributed by atoms with van der Waals surface area (Å²) in [7, 11) is 0. The Morgan fingerprint density at radius 1 is 0.929 bits per heavy atom. The summed E-state index contributed by atoms with van der Waals surface area (Å²) in [5.41, 5.74) is 3.12. The van der Waals surface area contributed by atoms with Gasteiger partial charge in [-0.05, 0) is 119 Å². The Bertz CT molecular complexity index is 664. The summed E-state index contributed by atoms with van der Waals surface area (Å²) >= 11 is 0. The van der Waals surface area contributed by atoms with Gasteiger partial charge in [-0.2, -0.15) is 0 Å². The third-order valence-electron chi connectivity index (χ3n) is 7.69. The van der Waals surface area contributed by atoms with Crippen molar-refractivity contribution in [2.75, 3.05) is 13.2 Å². The minimum atomic E-state index is 0.509. The van der Waals surface area contributed by atoms with Crippen LogP contribution in [0, 0.1) is 23.7 Å². The molecule has 0 aliphatic heterocycles. The first kappa shape index (κ1) is 20.0. The van der Waals surface area contributed by atoms with Crippen LogP contribution in [0.5, 0.6) is 5.75 Å². The van der Waals surface area contributed by atoms with Crippen molar-refractivity contribution in [3.63, 3.8) is 0 Å². The van der Waals surface area contributed by atoms with Crippen LogP contribution in [-0.2, 0) is 17.6 Å². The van der Waals surface area contributed by atoms with Crippen molar-refractivity contribution >= 4 is 0 Å². The second-order valence-electron chi connectivity index (χ2n) is 9.30. The molecule has 0 spiro atoms. The van der Waals surface area contributed by atoms with Gasteiger partial charge in [0.05, 0.1) is 19.3 Å². The van der Waals surface area contributed by atoms with Crippen LogP contribution >= 0.6 is 0 Å². The van der Waals surface area contributed by atoms with E-state index >= 15 is 0 Å². The Hall–Kier alpha value is -1.28. The lowest BCUT2D eigenvalue weighted by Gasteiger charge is -2.44. The number of ether oxygens (including phenoxy) is 2. The number of fused-ring (bicyclic) bond motifs is 2. The average molecular weight is 383 g/mol. The molecule has 1 aromatic carbocycles. The van der Waals surface area contributed by atoms with Gasteiger partial charge in [-0.15, -0.1) is 0 Å². The molecule has 0 radical (unpaired) electrons. The van der Waals surface area contributed by atoms with Crippen molar-refractivity contribution in [3.05, 3.63) is 41.5 Å². The molecule has 1 aromatic rings. The Morgan fingerprint density at radius 2 is 1.71 bits per heavy atom. The van der Waals surface area contributed by atoms with Crippen LogP contribution in [0.4, 0.5) is 0 Å². The number of allylic oxidation sites excluding steroid dienone is 1. The second kappa shape index (κ2) is 9.48. The Balaban J connectivity index is 1.30. The number of benzene rings is 1. The fraction of sp³-hybridized carbons (Fsp3) is 0.692. The highest BCUT2D eigenvalue weighted by atomic mass is 16.5. The summed E-state index contributed by atoms with van der Waals surface area (Å²) in [4.78, 5) is 0. The first-order valence-corrected chi connectivity index (χ1v) is 11.7. The van der Waals surface area contributed by atoms with E-state index in [2.05, 4.69) is 44.2 Å². The fourth-order valence-electron chi connectivity index (χ4n) is 6.17. The van der Waals surface area contributed by atoms with E-state index in [9.17, 15) is 0 Å². The minimum Gasteiger partial charge on any atom is -0.494 e. The molecule has 0 bridgehead atoms. The zero-order valence-electron chi connectivity index (χ0n) is 17.9. The number of rotatable bonds is 6. The van der Waals surface area contributed by atoms with Gasteiger partial charge in [-0.25, -0.2) is 0 Å². The van der Waals surface area contributed by atoms with Gasteiger partial charge >= 0.3 is 0 Å². The molecule has 0 amide bonds. The van der Waals surface area contributed by atoms with E-state index in [-0.39, 0.29) is 0 Å². The van der Waals surface area contributed by atoms with Crippen LogP contribution in [0.3, 0.4) is 0 Å². The molecule has 5 unspecified atom stereocenters. The van der Waals surface area contributed by atoms with E-state index in [1.807, 2.05) is 0 Å². The van der Waals surface area contributed by atoms with Crippen LogP contribution in [0.15, 0.2) is 30.4 Å². The van der Waals surface area contributed by atoms with Crippen LogP contribution in [0.1, 0.15) is 69.9 Å². The number of aryl methyl sites for hydroxylation is 1. The van der Waals surface area contributed by atoms with Crippen LogP contribution in [-0.4, -0.2) is 19.3 Å². The molecule has 154 valence electrons. The van der Waals surface area contributed by atoms with Crippen LogP contribution in [0.25, 0.3) is 0 Å². The zero-order chi connectivity index (χ0) is 19.3. The van der Waals surface area contributed by atoms with Crippen LogP contribution in [0.2, 0.25) is 0 Å². The molecule has 4 rings (SSSR count). The Kier molecular flexibility index (Phi) is 6.77. The Morgan fingerprint density at radius 3 is 2.54 bits per heavy atom. The third-order valence-corrected chi connectivity index (χ3v) is 7.69. The third kappa shape index (κ3) is 4.64. The SMILES string of the molecule is CC=CCOC1CCC2CC(C3CCc4cc(OCC)ccc4C3)CCC2C1. The van der Waals surface area contributed by atoms with E-state index in [0.29, 0.717) is 6.10 Å². The molecule has 0 N–H and O–H groups in total. The highest BCUT2D eigenvalue weighted by Gasteiger charge is 2.38. The lowest BCUT2D eigenvalue weighted by molar-refractivity contribution is -0.0138. The lowest BCUT2D eigenvalue weighted by atomic mass is 9.62. The van der Waals surface area contributed by atoms with Crippen molar-refractivity contribution in [1.82, 2.24) is 0 Å². The van der Waals surface area contributed by atoms with Gasteiger partial charge in [0, 0.05) is 0 Å². The zero-order valence-corrected chi connectivity index (χ0v) is 17.9. The smallest absolute Gasteiger partial charge is 0.119 e. The predicted octanol–water partition coefficient (Wildman–Crippen LogP) is 6.37. The summed E-state index contributed by atoms with van der Waals surface area (Å²) in [6, 6.07) is 6.81. The largest absolute Gasteiger partial charge is 0.494 e. The number of hydrogen-bond acceptors (Lipinski definition) is 2. The summed E-state index contributed by atoms with van der Waals surface area (Å²) in [6.45, 7) is 5.69. The second-order valence-corrected chi connectivity index (χ2v) is 9.30. The number of hydrogen-bond donors (Lipinski definition) is 0. The molecule has 2 nitrogen and oxygen atoms in total. The molecule has 28 heavy (non-hydrogen) atoms. The van der Waals surface area contributed by atoms with Gasteiger partial charge in [-0.1, -0.05) is 18.2 Å². The van der Waals surface area contributed by atoms with E-state index in [1.54, 1.807) is 5.56 Å². The van der Waals surface area contributed by atoms with E-state index in [1.165, 1.54) is 63.4 Å². The normalized spacial score (nSPS) is 32.7. The first-order chi connectivity index (χ1) is 13.8. The molecule has 2 fully saturated rings. The van der Waals surface area contributed by atoms with E-state index < -0.39 is 0 Å². The van der Waals surface area contributed by atoms with E-state index in [4.69, 9.17) is 9.47 Å². The minimum absolute atomic E-state index is 0.509. The lowest BCUT2D eigenvalue weighted by Crippen LogP contribution is -2.37. The molecule has 2 saturated carbocycles. The molecule has 5 atom stereocenters. The van der Waals surface area contributed by atoms with Gasteiger partial charge in [0.15, 0.2) is 0 Å². The van der Waals surface area contributed by atoms with Gasteiger partial charge in [-0.3, -0.25) is 0 Å². The van der Waals surface area contributed by atoms with Gasteiger partial charge in [0.25, 0.3) is 0 Å². The van der Waals surface area contributed by atoms with Crippen molar-refractivity contribution in [3.8, 4) is 5.75 Å². The first-order valence-electron chi connectivity index (χ1n) is 11.7. The average Bonchev–Trinajstić information content (AvgIpc) is 2.73. The summed E-state index contributed by atoms with van der Waals surface area (Å²) < 4.78 is 11.8. The van der Waals surface area contributed by atoms with Gasteiger partial charge in [0.1, 0.15) is 5.75 Å². The summed E-state index contributed by atoms with van der Waals surface area (Å²) in [5, 5.41) is 0. The molecule has 3 aliphatic carbocycles. The Labute approximate surface area is 171 Å². The van der Waals surface area contributed by atoms with Crippen molar-refractivity contribution in [1.29, 1.82) is 0 Å². The molecular formula is C26H38O2. The predicted molar refractivity (Wildman–Crippen MR) is 116 cm³/mol. The van der Waals surface area contributed by atoms with Crippen LogP contribution < -0.4 is 4.74 Å². The molecule has 0 heterocycles. The highest BCUT2D eigenvalue weighted by Crippen LogP contribution is 2.47. The maximum atomic E-state index is 6.08. The topological polar surface area (TPSA) is 18.5 Å². The maximum Gasteiger partial charge on any atom is 0.119 e. The monoisotopic (exact) mass is 382 g/mol. The molecule has 0 aromatic heterocycles. The maximum absolute atomic E-state index is 6.08. The molecule has 2 heteroatoms. The quantitative estimate of drug-likeness (QED) is 0.532. The van der Waals surface area contributed by atoms with Crippen molar-refractivity contribution in [2.45, 2.75) is 77.7 Å². The summed E-state index contributed by atoms with van der Waals surface area (Å²) in [6.07, 6.45) is 17.0. The van der Waals surface area contributed by atoms with Gasteiger partial charge in [0.2, 0.25) is 0 Å². The van der Waals surface area contributed by atoms with Crippen molar-refractivity contribution < 1.29 is 9.47 Å². The standard InChI is InChI=1S/C26H38O2/c1-3-5-14-28-26-13-11-22-16-20(7-9-24(22)18-26)19-6-8-23-17-25(27-4-2)12-10-21(23)15-19/h3,5,10,12,17,19-20,22,24,26H,4,6-9,11,13-16,18H2,1-2H3. The van der Waals surface area contributed by atoms with Crippen molar-refractivity contribution in [2.24, 2.45) is 23.7 Å².